The zero-order valence-electron chi connectivity index (χ0n) is 12.2. The Labute approximate surface area is 131 Å². The average molecular weight is 310 g/mol. The van der Waals surface area contributed by atoms with Crippen LogP contribution >= 0.6 is 0 Å². The molecular formula is C17H14N2O4. The molecular weight excluding hydrogens is 296 g/mol. The number of para-hydroxylation sites is 1. The molecule has 6 nitrogen and oxygen atoms in total. The van der Waals surface area contributed by atoms with Crippen LogP contribution in [-0.2, 0) is 16.1 Å². The second-order valence-electron chi connectivity index (χ2n) is 4.93. The third-order valence-corrected chi connectivity index (χ3v) is 3.34. The molecule has 1 heterocycles. The highest BCUT2D eigenvalue weighted by atomic mass is 16.5. The summed E-state index contributed by atoms with van der Waals surface area (Å²) in [5, 5.41) is 13.7. The summed E-state index contributed by atoms with van der Waals surface area (Å²) in [6, 6.07) is 16.1. The Bertz CT molecular complexity index is 855. The summed E-state index contributed by atoms with van der Waals surface area (Å²) in [5.74, 6) is -1.29. The van der Waals surface area contributed by atoms with E-state index in [0.717, 1.165) is 5.39 Å². The van der Waals surface area contributed by atoms with E-state index in [0.29, 0.717) is 16.8 Å². The van der Waals surface area contributed by atoms with Gasteiger partial charge < -0.3 is 9.84 Å². The first-order valence-electron chi connectivity index (χ1n) is 7.03. The fourth-order valence-corrected chi connectivity index (χ4v) is 2.33. The van der Waals surface area contributed by atoms with E-state index in [-0.39, 0.29) is 12.5 Å². The van der Waals surface area contributed by atoms with Crippen LogP contribution in [0.4, 0.5) is 0 Å². The molecule has 6 heteroatoms. The van der Waals surface area contributed by atoms with Crippen LogP contribution in [0.25, 0.3) is 10.9 Å². The van der Waals surface area contributed by atoms with E-state index < -0.39 is 12.6 Å². The third kappa shape index (κ3) is 3.12. The number of carbonyl (C=O) groups is 2. The van der Waals surface area contributed by atoms with Gasteiger partial charge in [0.1, 0.15) is 6.61 Å². The lowest BCUT2D eigenvalue weighted by atomic mass is 10.2. The van der Waals surface area contributed by atoms with Crippen LogP contribution in [-0.4, -0.2) is 33.4 Å². The number of carboxylic acids is 1. The fraction of sp³-hybridized carbons (Fsp3) is 0.118. The van der Waals surface area contributed by atoms with Crippen molar-refractivity contribution in [2.75, 3.05) is 6.61 Å². The molecule has 23 heavy (non-hydrogen) atoms. The normalized spacial score (nSPS) is 10.8. The van der Waals surface area contributed by atoms with Crippen LogP contribution in [0.5, 0.6) is 0 Å². The summed E-state index contributed by atoms with van der Waals surface area (Å²) in [5.41, 5.74) is 1.72. The van der Waals surface area contributed by atoms with Crippen molar-refractivity contribution in [3.05, 3.63) is 65.9 Å². The molecule has 0 atom stereocenters. The van der Waals surface area contributed by atoms with E-state index >= 15 is 0 Å². The number of fused-ring (bicyclic) bond motifs is 1. The molecule has 3 aromatic rings. The minimum Gasteiger partial charge on any atom is -0.480 e. The zero-order chi connectivity index (χ0) is 16.2. The van der Waals surface area contributed by atoms with Crippen molar-refractivity contribution in [1.82, 2.24) is 9.78 Å². The second kappa shape index (κ2) is 6.41. The maximum atomic E-state index is 12.6. The number of benzene rings is 2. The van der Waals surface area contributed by atoms with Gasteiger partial charge in [-0.2, -0.15) is 9.78 Å². The Morgan fingerprint density at radius 2 is 1.74 bits per heavy atom. The highest BCUT2D eigenvalue weighted by molar-refractivity contribution is 6.01. The number of ether oxygens (including phenoxy) is 1. The van der Waals surface area contributed by atoms with Crippen LogP contribution < -0.4 is 0 Å². The molecule has 0 aliphatic heterocycles. The summed E-state index contributed by atoms with van der Waals surface area (Å²) in [7, 11) is 0. The van der Waals surface area contributed by atoms with Crippen molar-refractivity contribution < 1.29 is 19.4 Å². The lowest BCUT2D eigenvalue weighted by Crippen LogP contribution is -2.14. The van der Waals surface area contributed by atoms with Gasteiger partial charge in [-0.15, -0.1) is 0 Å². The van der Waals surface area contributed by atoms with Gasteiger partial charge in [-0.1, -0.05) is 36.4 Å². The number of nitrogens with zero attached hydrogens (tertiary/aromatic N) is 2. The summed E-state index contributed by atoms with van der Waals surface area (Å²) in [6.07, 6.45) is 0. The first-order chi connectivity index (χ1) is 11.2. The molecule has 0 bridgehead atoms. The third-order valence-electron chi connectivity index (χ3n) is 3.34. The monoisotopic (exact) mass is 310 g/mol. The van der Waals surface area contributed by atoms with Gasteiger partial charge in [0.05, 0.1) is 17.8 Å². The molecule has 0 radical (unpaired) electrons. The van der Waals surface area contributed by atoms with Crippen molar-refractivity contribution in [1.29, 1.82) is 0 Å². The highest BCUT2D eigenvalue weighted by Gasteiger charge is 2.16. The van der Waals surface area contributed by atoms with Crippen molar-refractivity contribution in [2.24, 2.45) is 0 Å². The Balaban J connectivity index is 1.98. The Morgan fingerprint density at radius 3 is 2.48 bits per heavy atom. The summed E-state index contributed by atoms with van der Waals surface area (Å²) in [4.78, 5) is 23.2. The minimum atomic E-state index is -1.05. The molecule has 0 aliphatic rings. The van der Waals surface area contributed by atoms with Gasteiger partial charge in [0, 0.05) is 10.9 Å². The van der Waals surface area contributed by atoms with Crippen LogP contribution in [0.2, 0.25) is 0 Å². The number of hydrogen-bond acceptors (Lipinski definition) is 4. The van der Waals surface area contributed by atoms with Crippen molar-refractivity contribution >= 4 is 22.8 Å². The number of carbonyl (C=O) groups excluding carboxylic acids is 1. The van der Waals surface area contributed by atoms with Crippen LogP contribution in [0, 0.1) is 0 Å². The molecule has 0 aliphatic carbocycles. The molecule has 2 aromatic carbocycles. The van der Waals surface area contributed by atoms with E-state index in [1.165, 1.54) is 4.68 Å². The fourth-order valence-electron chi connectivity index (χ4n) is 2.33. The van der Waals surface area contributed by atoms with Gasteiger partial charge in [0.15, 0.2) is 0 Å². The SMILES string of the molecule is O=C(O)COCc1nn(C(=O)c2ccccc2)c2ccccc12. The minimum absolute atomic E-state index is 0.0296. The standard InChI is InChI=1S/C17H14N2O4/c20-16(21)11-23-10-14-13-8-4-5-9-15(13)19(18-14)17(22)12-6-2-1-3-7-12/h1-9H,10-11H2,(H,20,21). The molecule has 0 saturated heterocycles. The van der Waals surface area contributed by atoms with Gasteiger partial charge in [0.25, 0.3) is 5.91 Å². The van der Waals surface area contributed by atoms with Gasteiger partial charge >= 0.3 is 5.97 Å². The van der Waals surface area contributed by atoms with Crippen molar-refractivity contribution in [3.63, 3.8) is 0 Å². The Morgan fingerprint density at radius 1 is 1.04 bits per heavy atom. The molecule has 116 valence electrons. The second-order valence-corrected chi connectivity index (χ2v) is 4.93. The van der Waals surface area contributed by atoms with E-state index in [4.69, 9.17) is 9.84 Å². The smallest absolute Gasteiger partial charge is 0.329 e. The Kier molecular flexibility index (Phi) is 4.16. The van der Waals surface area contributed by atoms with Crippen molar-refractivity contribution in [3.8, 4) is 0 Å². The van der Waals surface area contributed by atoms with Crippen LogP contribution in [0.1, 0.15) is 16.1 Å². The van der Waals surface area contributed by atoms with E-state index in [2.05, 4.69) is 5.10 Å². The number of rotatable bonds is 5. The molecule has 0 spiro atoms. The van der Waals surface area contributed by atoms with Crippen LogP contribution in [0.15, 0.2) is 54.6 Å². The molecule has 0 saturated carbocycles. The summed E-state index contributed by atoms with van der Waals surface area (Å²) >= 11 is 0. The molecule has 1 N–H and O–H groups in total. The predicted octanol–water partition coefficient (Wildman–Crippen LogP) is 2.33. The first kappa shape index (κ1) is 14.9. The lowest BCUT2D eigenvalue weighted by molar-refractivity contribution is -0.142. The average Bonchev–Trinajstić information content (AvgIpc) is 2.94. The largest absolute Gasteiger partial charge is 0.480 e. The van der Waals surface area contributed by atoms with E-state index in [1.54, 1.807) is 30.3 Å². The van der Waals surface area contributed by atoms with Gasteiger partial charge in [-0.3, -0.25) is 4.79 Å². The molecule has 3 rings (SSSR count). The predicted molar refractivity (Wildman–Crippen MR) is 83.2 cm³/mol. The number of aliphatic carboxylic acids is 1. The molecule has 0 unspecified atom stereocenters. The molecule has 1 aromatic heterocycles. The van der Waals surface area contributed by atoms with Gasteiger partial charge in [0.2, 0.25) is 0 Å². The zero-order valence-corrected chi connectivity index (χ0v) is 12.2. The first-order valence-corrected chi connectivity index (χ1v) is 7.03. The number of hydrogen-bond donors (Lipinski definition) is 1. The lowest BCUT2D eigenvalue weighted by Gasteiger charge is -2.01. The maximum Gasteiger partial charge on any atom is 0.329 e. The highest BCUT2D eigenvalue weighted by Crippen LogP contribution is 2.20. The van der Waals surface area contributed by atoms with Gasteiger partial charge in [-0.25, -0.2) is 4.79 Å². The quantitative estimate of drug-likeness (QED) is 0.782. The summed E-state index contributed by atoms with van der Waals surface area (Å²) < 4.78 is 6.42. The Hall–Kier alpha value is -2.99. The van der Waals surface area contributed by atoms with Gasteiger partial charge in [-0.05, 0) is 18.2 Å². The molecule has 0 amide bonds. The molecule has 0 fully saturated rings. The van der Waals surface area contributed by atoms with Crippen LogP contribution in [0.3, 0.4) is 0 Å². The summed E-state index contributed by atoms with van der Waals surface area (Å²) in [6.45, 7) is -0.379. The maximum absolute atomic E-state index is 12.6. The van der Waals surface area contributed by atoms with E-state index in [9.17, 15) is 9.59 Å². The van der Waals surface area contributed by atoms with E-state index in [1.807, 2.05) is 24.3 Å². The number of aromatic nitrogens is 2. The number of carboxylic acid groups (broad SMARTS) is 1. The van der Waals surface area contributed by atoms with Crippen molar-refractivity contribution in [2.45, 2.75) is 6.61 Å². The topological polar surface area (TPSA) is 81.4 Å².